The van der Waals surface area contributed by atoms with E-state index in [1.807, 2.05) is 6.92 Å². The Morgan fingerprint density at radius 1 is 1.80 bits per heavy atom. The Balaban J connectivity index is 3.56. The van der Waals surface area contributed by atoms with Crippen molar-refractivity contribution in [3.63, 3.8) is 0 Å². The normalized spacial score (nSPS) is 7.00. The van der Waals surface area contributed by atoms with Crippen LogP contribution in [0.3, 0.4) is 0 Å². The molecule has 0 aliphatic heterocycles. The van der Waals surface area contributed by atoms with Crippen LogP contribution in [-0.2, 0) is 9.53 Å². The first-order chi connectivity index (χ1) is 4.81. The van der Waals surface area contributed by atoms with E-state index < -0.39 is 0 Å². The Labute approximate surface area is 71.1 Å². The summed E-state index contributed by atoms with van der Waals surface area (Å²) in [5, 5.41) is 0. The van der Waals surface area contributed by atoms with E-state index in [0.29, 0.717) is 10.6 Å². The van der Waals surface area contributed by atoms with Gasteiger partial charge in [-0.1, -0.05) is 0 Å². The first-order valence-corrected chi connectivity index (χ1v) is 4.70. The summed E-state index contributed by atoms with van der Waals surface area (Å²) in [7, 11) is 0.223. The van der Waals surface area contributed by atoms with Gasteiger partial charge in [0, 0.05) is 0 Å². The molecule has 0 aliphatic carbocycles. The van der Waals surface area contributed by atoms with Crippen molar-refractivity contribution < 1.29 is 9.53 Å². The average molecular weight is 210 g/mol. The van der Waals surface area contributed by atoms with E-state index in [2.05, 4.69) is 11.7 Å². The molecule has 0 amide bonds. The number of carbonyl (C=O) groups excluding carboxylic acids is 1. The second kappa shape index (κ2) is 6.69. The van der Waals surface area contributed by atoms with Crippen molar-refractivity contribution in [1.29, 1.82) is 0 Å². The van der Waals surface area contributed by atoms with Crippen LogP contribution in [0.2, 0.25) is 0 Å². The summed E-state index contributed by atoms with van der Waals surface area (Å²) >= 11 is 1.70. The Hall–Kier alpha value is -0.430. The van der Waals surface area contributed by atoms with Crippen LogP contribution in [-0.4, -0.2) is 38.6 Å². The molecule has 0 aromatic carbocycles. The molecule has 0 N–H and O–H groups in total. The molecule has 2 nitrogen and oxygen atoms in total. The molecule has 0 heterocycles. The van der Waals surface area contributed by atoms with Gasteiger partial charge < -0.3 is 0 Å². The van der Waals surface area contributed by atoms with Gasteiger partial charge in [0.05, 0.1) is 0 Å². The minimum atomic E-state index is 0.223. The number of hydrogen-bond donors (Lipinski definition) is 0. The van der Waals surface area contributed by atoms with Crippen molar-refractivity contribution in [2.45, 2.75) is 6.92 Å². The summed E-state index contributed by atoms with van der Waals surface area (Å²) in [5.74, 6) is 1.76. The zero-order chi connectivity index (χ0) is 7.82. The zero-order valence-corrected chi connectivity index (χ0v) is 8.62. The predicted octanol–water partition coefficient (Wildman–Crippen LogP) is -0.513. The van der Waals surface area contributed by atoms with Crippen LogP contribution in [0.5, 0.6) is 0 Å². The molecule has 0 saturated heterocycles. The van der Waals surface area contributed by atoms with Crippen LogP contribution in [0.25, 0.3) is 0 Å². The van der Waals surface area contributed by atoms with Gasteiger partial charge in [-0.2, -0.15) is 0 Å². The Morgan fingerprint density at radius 3 is 3.00 bits per heavy atom. The Morgan fingerprint density at radius 2 is 2.50 bits per heavy atom. The molecule has 4 heteroatoms. The maximum atomic E-state index is 9.90. The van der Waals surface area contributed by atoms with E-state index >= 15 is 0 Å². The fourth-order valence-electron chi connectivity index (χ4n) is 0.222. The summed E-state index contributed by atoms with van der Waals surface area (Å²) < 4.78 is 5.36. The van der Waals surface area contributed by atoms with Crippen LogP contribution in [0.1, 0.15) is 6.92 Å². The fraction of sp³-hybridized carbons (Fsp3) is 0.333. The van der Waals surface area contributed by atoms with Gasteiger partial charge in [0.1, 0.15) is 0 Å². The summed E-state index contributed by atoms with van der Waals surface area (Å²) in [6.45, 7) is 2.45. The van der Waals surface area contributed by atoms with E-state index in [0.717, 1.165) is 0 Å². The van der Waals surface area contributed by atoms with Crippen molar-refractivity contribution in [2.24, 2.45) is 0 Å². The molecule has 10 heavy (non-hydrogen) atoms. The standard InChI is InChI=1S/C6H5GeO2Si/c1-2-9-3-4-10-6(7)5-8/h2H2,1H3. The zero-order valence-electron chi connectivity index (χ0n) is 5.52. The van der Waals surface area contributed by atoms with Crippen molar-refractivity contribution in [1.82, 2.24) is 0 Å². The molecule has 0 atom stereocenters. The molecule has 0 bridgehead atoms. The second-order valence-electron chi connectivity index (χ2n) is 1.26. The first kappa shape index (κ1) is 9.57. The maximum absolute atomic E-state index is 9.90. The van der Waals surface area contributed by atoms with Crippen LogP contribution < -0.4 is 0 Å². The SMILES string of the molecule is CCOC#C[Si][C]([Ge])=C=O. The quantitative estimate of drug-likeness (QED) is 0.348. The molecule has 0 fully saturated rings. The van der Waals surface area contributed by atoms with E-state index in [1.54, 1.807) is 22.5 Å². The van der Waals surface area contributed by atoms with E-state index in [9.17, 15) is 4.79 Å². The van der Waals surface area contributed by atoms with Crippen molar-refractivity contribution in [3.05, 3.63) is 4.03 Å². The summed E-state index contributed by atoms with van der Waals surface area (Å²) in [6.07, 6.45) is 2.46. The van der Waals surface area contributed by atoms with Gasteiger partial charge in [-0.25, -0.2) is 0 Å². The second-order valence-corrected chi connectivity index (χ2v) is 4.36. The number of hydrogen-bond acceptors (Lipinski definition) is 2. The third-order valence-corrected chi connectivity index (χ3v) is 2.14. The number of ether oxygens (including phenoxy) is 1. The van der Waals surface area contributed by atoms with Gasteiger partial charge in [0.15, 0.2) is 0 Å². The van der Waals surface area contributed by atoms with Gasteiger partial charge in [0.25, 0.3) is 0 Å². The van der Waals surface area contributed by atoms with Crippen molar-refractivity contribution in [3.8, 4) is 11.7 Å². The van der Waals surface area contributed by atoms with Gasteiger partial charge in [-0.3, -0.25) is 0 Å². The van der Waals surface area contributed by atoms with Crippen LogP contribution in [0.15, 0.2) is 4.03 Å². The predicted molar refractivity (Wildman–Crippen MR) is 40.1 cm³/mol. The Bertz CT molecular complexity index is 198. The minimum absolute atomic E-state index is 0.223. The molecule has 49 valence electrons. The molecular formula is C6H5GeO2Si. The molecule has 0 aromatic heterocycles. The summed E-state index contributed by atoms with van der Waals surface area (Å²) in [5.41, 5.74) is 2.69. The average Bonchev–Trinajstić information content (AvgIpc) is 1.98. The molecule has 0 saturated carbocycles. The fourth-order valence-corrected chi connectivity index (χ4v) is 0.914. The summed E-state index contributed by atoms with van der Waals surface area (Å²) in [6, 6.07) is 0. The molecule has 0 unspecified atom stereocenters. The number of rotatable bonds is 2. The third-order valence-electron chi connectivity index (χ3n) is 0.557. The van der Waals surface area contributed by atoms with E-state index in [1.165, 1.54) is 0 Å². The third kappa shape index (κ3) is 5.70. The van der Waals surface area contributed by atoms with Crippen LogP contribution in [0.4, 0.5) is 0 Å². The van der Waals surface area contributed by atoms with Crippen LogP contribution >= 0.6 is 0 Å². The van der Waals surface area contributed by atoms with Gasteiger partial charge in [-0.05, 0) is 0 Å². The Kier molecular flexibility index (Phi) is 6.40. The molecular weight excluding hydrogens is 205 g/mol. The molecule has 0 spiro atoms. The summed E-state index contributed by atoms with van der Waals surface area (Å²) in [4.78, 5) is 9.90. The topological polar surface area (TPSA) is 26.3 Å². The van der Waals surface area contributed by atoms with Crippen LogP contribution in [0, 0.1) is 11.7 Å². The van der Waals surface area contributed by atoms with Crippen molar-refractivity contribution in [2.75, 3.05) is 6.61 Å². The van der Waals surface area contributed by atoms with Crippen molar-refractivity contribution >= 4 is 32.0 Å². The molecule has 0 rings (SSSR count). The monoisotopic (exact) mass is 211 g/mol. The van der Waals surface area contributed by atoms with E-state index in [-0.39, 0.29) is 9.52 Å². The van der Waals surface area contributed by atoms with E-state index in [4.69, 9.17) is 4.74 Å². The van der Waals surface area contributed by atoms with Gasteiger partial charge in [0.2, 0.25) is 0 Å². The van der Waals surface area contributed by atoms with Gasteiger partial charge >= 0.3 is 70.7 Å². The molecule has 0 aromatic rings. The van der Waals surface area contributed by atoms with Gasteiger partial charge in [-0.15, -0.1) is 0 Å². The molecule has 5 radical (unpaired) electrons. The first-order valence-electron chi connectivity index (χ1n) is 2.65. The molecule has 0 aliphatic rings.